The lowest BCUT2D eigenvalue weighted by Crippen LogP contribution is -2.38. The Balaban J connectivity index is 1.17. The number of carbonyl (C=O) groups is 1. The third kappa shape index (κ3) is 8.75. The predicted octanol–water partition coefficient (Wildman–Crippen LogP) is 6.29. The molecule has 0 saturated carbocycles. The SMILES string of the molecule is CN(CCc1ccccn1)C[C@H]1C[C@@H](c2ccc(CO)cc2)O[C@@H](c2cccc(-c3cccc(CNC(=O)c4cccnc4)c3)c2)O1. The third-order valence-corrected chi connectivity index (χ3v) is 8.40. The van der Waals surface area contributed by atoms with Gasteiger partial charge in [0, 0.05) is 62.3 Å². The first-order valence-electron chi connectivity index (χ1n) is 16.0. The number of pyridine rings is 2. The molecule has 1 saturated heterocycles. The van der Waals surface area contributed by atoms with Crippen molar-refractivity contribution in [2.24, 2.45) is 0 Å². The normalized spacial score (nSPS) is 17.8. The van der Waals surface area contributed by atoms with Crippen LogP contribution in [0.3, 0.4) is 0 Å². The molecule has 2 aromatic heterocycles. The van der Waals surface area contributed by atoms with Crippen molar-refractivity contribution in [3.05, 3.63) is 155 Å². The van der Waals surface area contributed by atoms with E-state index in [0.717, 1.165) is 65.0 Å². The fraction of sp³-hybridized carbons (Fsp3) is 0.256. The molecule has 3 atom stereocenters. The molecular formula is C39H40N4O4. The van der Waals surface area contributed by atoms with E-state index in [1.165, 1.54) is 0 Å². The molecule has 0 spiro atoms. The molecular weight excluding hydrogens is 588 g/mol. The summed E-state index contributed by atoms with van der Waals surface area (Å²) in [6.07, 6.45) is 5.86. The van der Waals surface area contributed by atoms with Gasteiger partial charge in [0.25, 0.3) is 5.91 Å². The van der Waals surface area contributed by atoms with Crippen LogP contribution in [0.1, 0.15) is 57.1 Å². The van der Waals surface area contributed by atoms with E-state index >= 15 is 0 Å². The van der Waals surface area contributed by atoms with Gasteiger partial charge in [0.1, 0.15) is 0 Å². The molecule has 3 heterocycles. The smallest absolute Gasteiger partial charge is 0.253 e. The van der Waals surface area contributed by atoms with Crippen molar-refractivity contribution in [3.8, 4) is 11.1 Å². The van der Waals surface area contributed by atoms with Gasteiger partial charge >= 0.3 is 0 Å². The predicted molar refractivity (Wildman–Crippen MR) is 181 cm³/mol. The van der Waals surface area contributed by atoms with Crippen LogP contribution in [0.15, 0.2) is 122 Å². The Labute approximate surface area is 276 Å². The largest absolute Gasteiger partial charge is 0.392 e. The number of hydrogen-bond acceptors (Lipinski definition) is 7. The summed E-state index contributed by atoms with van der Waals surface area (Å²) in [4.78, 5) is 23.3. The summed E-state index contributed by atoms with van der Waals surface area (Å²) in [5.41, 5.74) is 7.55. The number of carbonyl (C=O) groups excluding carboxylic acids is 1. The first-order chi connectivity index (χ1) is 23.0. The molecule has 1 aliphatic heterocycles. The molecule has 0 radical (unpaired) electrons. The zero-order valence-corrected chi connectivity index (χ0v) is 26.5. The third-order valence-electron chi connectivity index (χ3n) is 8.40. The highest BCUT2D eigenvalue weighted by atomic mass is 16.7. The van der Waals surface area contributed by atoms with Crippen LogP contribution in [0.5, 0.6) is 0 Å². The first kappa shape index (κ1) is 32.2. The quantitative estimate of drug-likeness (QED) is 0.168. The van der Waals surface area contributed by atoms with Crippen LogP contribution >= 0.6 is 0 Å². The van der Waals surface area contributed by atoms with Crippen LogP contribution in [0.2, 0.25) is 0 Å². The van der Waals surface area contributed by atoms with Gasteiger partial charge in [0.05, 0.1) is 24.4 Å². The first-order valence-corrected chi connectivity index (χ1v) is 16.0. The van der Waals surface area contributed by atoms with Crippen LogP contribution in [0.25, 0.3) is 11.1 Å². The monoisotopic (exact) mass is 628 g/mol. The number of hydrogen-bond donors (Lipinski definition) is 2. The second-order valence-electron chi connectivity index (χ2n) is 11.9. The summed E-state index contributed by atoms with van der Waals surface area (Å²) in [7, 11) is 2.12. The van der Waals surface area contributed by atoms with Crippen LogP contribution in [0.4, 0.5) is 0 Å². The molecule has 0 aliphatic carbocycles. The summed E-state index contributed by atoms with van der Waals surface area (Å²) >= 11 is 0. The molecule has 1 amide bonds. The minimum absolute atomic E-state index is 0.00605. The molecule has 8 nitrogen and oxygen atoms in total. The number of aromatic nitrogens is 2. The maximum Gasteiger partial charge on any atom is 0.253 e. The average Bonchev–Trinajstić information content (AvgIpc) is 3.14. The Morgan fingerprint density at radius 1 is 0.872 bits per heavy atom. The molecule has 6 rings (SSSR count). The van der Waals surface area contributed by atoms with E-state index in [1.807, 2.05) is 66.9 Å². The number of rotatable bonds is 12. The van der Waals surface area contributed by atoms with Gasteiger partial charge in [0.15, 0.2) is 6.29 Å². The zero-order valence-electron chi connectivity index (χ0n) is 26.5. The van der Waals surface area contributed by atoms with Crippen LogP contribution in [-0.4, -0.2) is 52.1 Å². The lowest BCUT2D eigenvalue weighted by molar-refractivity contribution is -0.252. The number of likely N-dealkylation sites (N-methyl/N-ethyl adjacent to an activating group) is 1. The highest BCUT2D eigenvalue weighted by molar-refractivity contribution is 5.93. The molecule has 0 unspecified atom stereocenters. The minimum Gasteiger partial charge on any atom is -0.392 e. The van der Waals surface area contributed by atoms with Crippen LogP contribution in [-0.2, 0) is 29.0 Å². The molecule has 3 aromatic carbocycles. The molecule has 47 heavy (non-hydrogen) atoms. The van der Waals surface area contributed by atoms with Crippen molar-refractivity contribution >= 4 is 5.91 Å². The summed E-state index contributed by atoms with van der Waals surface area (Å²) in [6, 6.07) is 33.9. The van der Waals surface area contributed by atoms with E-state index in [0.29, 0.717) is 12.1 Å². The maximum atomic E-state index is 12.6. The average molecular weight is 629 g/mol. The lowest BCUT2D eigenvalue weighted by Gasteiger charge is -2.38. The summed E-state index contributed by atoms with van der Waals surface area (Å²) in [5.74, 6) is -0.158. The fourth-order valence-electron chi connectivity index (χ4n) is 5.83. The highest BCUT2D eigenvalue weighted by Crippen LogP contribution is 2.39. The minimum atomic E-state index is -0.553. The van der Waals surface area contributed by atoms with Gasteiger partial charge in [-0.25, -0.2) is 0 Å². The van der Waals surface area contributed by atoms with Gasteiger partial charge in [-0.1, -0.05) is 66.7 Å². The number of nitrogens with zero attached hydrogens (tertiary/aromatic N) is 3. The molecule has 1 aliphatic rings. The van der Waals surface area contributed by atoms with Crippen LogP contribution < -0.4 is 5.32 Å². The molecule has 1 fully saturated rings. The highest BCUT2D eigenvalue weighted by Gasteiger charge is 2.33. The standard InChI is InChI=1S/C39H40N4O4/c1-43(20-17-35-12-2-3-19-41-35)26-36-23-37(30-15-13-28(27-44)14-16-30)47-39(46-36)33-10-5-9-32(22-33)31-8-4-7-29(21-31)24-42-38(45)34-11-6-18-40-25-34/h2-16,18-19,21-22,25,36-37,39,44H,17,20,23-24,26-27H2,1H3,(H,42,45)/t36-,37+,39+/m1/s1. The van der Waals surface area contributed by atoms with E-state index in [4.69, 9.17) is 9.47 Å². The molecule has 2 N–H and O–H groups in total. The zero-order chi connectivity index (χ0) is 32.4. The maximum absolute atomic E-state index is 12.6. The molecule has 240 valence electrons. The second-order valence-corrected chi connectivity index (χ2v) is 11.9. The summed E-state index contributed by atoms with van der Waals surface area (Å²) in [6.45, 7) is 2.03. The lowest BCUT2D eigenvalue weighted by atomic mass is 9.98. The number of amides is 1. The second kappa shape index (κ2) is 15.7. The van der Waals surface area contributed by atoms with Gasteiger partial charge in [-0.2, -0.15) is 0 Å². The molecule has 0 bridgehead atoms. The summed E-state index contributed by atoms with van der Waals surface area (Å²) < 4.78 is 13.3. The van der Waals surface area contributed by atoms with Gasteiger partial charge in [-0.15, -0.1) is 0 Å². The van der Waals surface area contributed by atoms with Gasteiger partial charge in [-0.05, 0) is 71.3 Å². The van der Waals surface area contributed by atoms with Crippen molar-refractivity contribution in [2.75, 3.05) is 20.1 Å². The van der Waals surface area contributed by atoms with E-state index in [2.05, 4.69) is 57.6 Å². The number of aliphatic hydroxyl groups is 1. The van der Waals surface area contributed by atoms with Crippen molar-refractivity contribution < 1.29 is 19.4 Å². The van der Waals surface area contributed by atoms with Gasteiger partial charge in [-0.3, -0.25) is 14.8 Å². The van der Waals surface area contributed by atoms with E-state index < -0.39 is 6.29 Å². The van der Waals surface area contributed by atoms with Crippen molar-refractivity contribution in [3.63, 3.8) is 0 Å². The number of nitrogens with one attached hydrogen (secondary N) is 1. The fourth-order valence-corrected chi connectivity index (χ4v) is 5.83. The van der Waals surface area contributed by atoms with E-state index in [9.17, 15) is 9.90 Å². The van der Waals surface area contributed by atoms with Crippen LogP contribution in [0, 0.1) is 0 Å². The number of benzene rings is 3. The number of aliphatic hydroxyl groups excluding tert-OH is 1. The van der Waals surface area contributed by atoms with Crippen molar-refractivity contribution in [2.45, 2.75) is 44.5 Å². The van der Waals surface area contributed by atoms with E-state index in [1.54, 1.807) is 24.5 Å². The number of ether oxygens (including phenoxy) is 2. The van der Waals surface area contributed by atoms with E-state index in [-0.39, 0.29) is 24.7 Å². The molecule has 5 aromatic rings. The Hall–Kier alpha value is -4.73. The Morgan fingerprint density at radius 3 is 2.47 bits per heavy atom. The van der Waals surface area contributed by atoms with Gasteiger partial charge in [0.2, 0.25) is 0 Å². The summed E-state index contributed by atoms with van der Waals surface area (Å²) in [5, 5.41) is 12.5. The Kier molecular flexibility index (Phi) is 10.8. The van der Waals surface area contributed by atoms with Crippen molar-refractivity contribution in [1.29, 1.82) is 0 Å². The Bertz CT molecular complexity index is 1730. The molecule has 8 heteroatoms. The van der Waals surface area contributed by atoms with Gasteiger partial charge < -0.3 is 24.8 Å². The Morgan fingerprint density at radius 2 is 1.70 bits per heavy atom. The van der Waals surface area contributed by atoms with Crippen molar-refractivity contribution in [1.82, 2.24) is 20.2 Å². The topological polar surface area (TPSA) is 96.8 Å².